The summed E-state index contributed by atoms with van der Waals surface area (Å²) >= 11 is 3.46. The summed E-state index contributed by atoms with van der Waals surface area (Å²) in [6, 6.07) is 15.7. The predicted molar refractivity (Wildman–Crippen MR) is 166 cm³/mol. The zero-order valence-corrected chi connectivity index (χ0v) is 26.7. The molecule has 2 aliphatic heterocycles. The fourth-order valence-electron chi connectivity index (χ4n) is 6.02. The minimum atomic E-state index is -0.364. The lowest BCUT2D eigenvalue weighted by molar-refractivity contribution is -0.138. The summed E-state index contributed by atoms with van der Waals surface area (Å²) in [7, 11) is 0. The van der Waals surface area contributed by atoms with Crippen LogP contribution in [0.1, 0.15) is 64.8 Å². The lowest BCUT2D eigenvalue weighted by atomic mass is 9.86. The third-order valence-corrected chi connectivity index (χ3v) is 8.80. The second-order valence-electron chi connectivity index (χ2n) is 12.5. The van der Waals surface area contributed by atoms with Gasteiger partial charge < -0.3 is 14.5 Å². The number of aromatic nitrogens is 3. The van der Waals surface area contributed by atoms with Gasteiger partial charge in [0.25, 0.3) is 11.8 Å². The van der Waals surface area contributed by atoms with E-state index < -0.39 is 0 Å². The maximum Gasteiger partial charge on any atom is 0.260 e. The van der Waals surface area contributed by atoms with Gasteiger partial charge in [-0.05, 0) is 68.0 Å². The van der Waals surface area contributed by atoms with E-state index in [1.165, 1.54) is 0 Å². The third kappa shape index (κ3) is 6.70. The number of amides is 2. The fourth-order valence-corrected chi connectivity index (χ4v) is 6.28. The van der Waals surface area contributed by atoms with Crippen molar-refractivity contribution in [1.82, 2.24) is 24.8 Å². The Morgan fingerprint density at radius 2 is 1.74 bits per heavy atom. The number of carbonyl (C=O) groups excluding carboxylic acids is 2. The van der Waals surface area contributed by atoms with Crippen molar-refractivity contribution in [3.63, 3.8) is 0 Å². The number of hydrogen-bond acceptors (Lipinski definition) is 6. The van der Waals surface area contributed by atoms with Gasteiger partial charge in [-0.2, -0.15) is 0 Å². The van der Waals surface area contributed by atoms with Crippen molar-refractivity contribution in [1.29, 1.82) is 0 Å². The van der Waals surface area contributed by atoms with Crippen LogP contribution in [0.2, 0.25) is 0 Å². The zero-order chi connectivity index (χ0) is 30.0. The largest absolute Gasteiger partial charge is 0.483 e. The van der Waals surface area contributed by atoms with Gasteiger partial charge in [0.2, 0.25) is 0 Å². The van der Waals surface area contributed by atoms with Crippen molar-refractivity contribution in [2.45, 2.75) is 77.5 Å². The second-order valence-corrected chi connectivity index (χ2v) is 13.4. The molecule has 224 valence electrons. The molecule has 2 aromatic carbocycles. The summed E-state index contributed by atoms with van der Waals surface area (Å²) in [5, 5.41) is 8.81. The molecule has 0 spiro atoms. The van der Waals surface area contributed by atoms with Gasteiger partial charge in [-0.15, -0.1) is 5.10 Å². The molecule has 1 aromatic heterocycles. The van der Waals surface area contributed by atoms with E-state index in [1.807, 2.05) is 58.5 Å². The van der Waals surface area contributed by atoms with Crippen LogP contribution in [-0.2, 0) is 21.5 Å². The van der Waals surface area contributed by atoms with Gasteiger partial charge in [-0.1, -0.05) is 60.1 Å². The van der Waals surface area contributed by atoms with Crippen molar-refractivity contribution in [2.75, 3.05) is 31.1 Å². The van der Waals surface area contributed by atoms with Crippen LogP contribution in [-0.4, -0.2) is 74.9 Å². The molecule has 42 heavy (non-hydrogen) atoms. The monoisotopic (exact) mass is 636 g/mol. The highest BCUT2D eigenvalue weighted by molar-refractivity contribution is 9.10. The highest BCUT2D eigenvalue weighted by Gasteiger charge is 2.34. The van der Waals surface area contributed by atoms with Crippen LogP contribution < -0.4 is 9.64 Å². The molecule has 0 saturated carbocycles. The molecule has 2 aliphatic rings. The molecule has 3 atom stereocenters. The maximum atomic E-state index is 13.4. The maximum absolute atomic E-state index is 13.4. The number of piperazine rings is 1. The molecule has 2 saturated heterocycles. The smallest absolute Gasteiger partial charge is 0.260 e. The molecule has 0 aliphatic carbocycles. The van der Waals surface area contributed by atoms with Crippen LogP contribution in [0.3, 0.4) is 0 Å². The first-order valence-electron chi connectivity index (χ1n) is 14.7. The van der Waals surface area contributed by atoms with Crippen molar-refractivity contribution in [2.24, 2.45) is 0 Å². The lowest BCUT2D eigenvalue weighted by Crippen LogP contribution is -2.58. The number of ether oxygens (including phenoxy) is 1. The normalized spacial score (nSPS) is 22.0. The van der Waals surface area contributed by atoms with E-state index in [0.29, 0.717) is 26.2 Å². The molecule has 3 aromatic rings. The third-order valence-electron chi connectivity index (χ3n) is 8.27. The van der Waals surface area contributed by atoms with Crippen molar-refractivity contribution in [3.8, 4) is 5.75 Å². The summed E-state index contributed by atoms with van der Waals surface area (Å²) in [5.74, 6) is 0.799. The number of anilines is 1. The molecular formula is C32H41BrN6O3. The van der Waals surface area contributed by atoms with Gasteiger partial charge in [0.15, 0.2) is 6.61 Å². The zero-order valence-electron chi connectivity index (χ0n) is 25.2. The predicted octanol–water partition coefficient (Wildman–Crippen LogP) is 5.21. The van der Waals surface area contributed by atoms with Crippen molar-refractivity contribution >= 4 is 33.4 Å². The Balaban J connectivity index is 1.18. The number of halogens is 1. The minimum Gasteiger partial charge on any atom is -0.483 e. The van der Waals surface area contributed by atoms with E-state index in [-0.39, 0.29) is 42.0 Å². The molecule has 10 heteroatoms. The number of carbonyl (C=O) groups is 2. The number of hydrogen-bond donors (Lipinski definition) is 0. The van der Waals surface area contributed by atoms with Crippen molar-refractivity contribution in [3.05, 3.63) is 70.5 Å². The number of piperidine rings is 1. The SMILES string of the molecule is C[C@@H]1CN(C(=O)COc2ccccc2C(C)(C)C)C[C@H](C)N1Cc1cn(C2CCCN(c3ccc(Br)cc3)C2=O)nn1. The van der Waals surface area contributed by atoms with Gasteiger partial charge in [-0.25, -0.2) is 4.68 Å². The average molecular weight is 638 g/mol. The van der Waals surface area contributed by atoms with Gasteiger partial charge in [-0.3, -0.25) is 14.5 Å². The van der Waals surface area contributed by atoms with Gasteiger partial charge >= 0.3 is 0 Å². The summed E-state index contributed by atoms with van der Waals surface area (Å²) in [5.41, 5.74) is 2.74. The van der Waals surface area contributed by atoms with Crippen LogP contribution in [0.4, 0.5) is 5.69 Å². The standard InChI is InChI=1S/C32H41BrN6O3/c1-22-17-36(30(40)21-42-29-11-7-6-9-27(29)32(3,4)5)18-23(2)38(22)19-25-20-39(35-34-25)28-10-8-16-37(31(28)41)26-14-12-24(33)13-15-26/h6-7,9,11-15,20,22-23,28H,8,10,16-19,21H2,1-5H3/t22-,23+,28?. The molecule has 0 N–H and O–H groups in total. The minimum absolute atomic E-state index is 0.00542. The molecule has 2 fully saturated rings. The first kappa shape index (κ1) is 30.2. The second kappa shape index (κ2) is 12.6. The van der Waals surface area contributed by atoms with Crippen molar-refractivity contribution < 1.29 is 14.3 Å². The van der Waals surface area contributed by atoms with Gasteiger partial charge in [0.1, 0.15) is 11.8 Å². The number of rotatable bonds is 7. The topological polar surface area (TPSA) is 83.8 Å². The molecular weight excluding hydrogens is 596 g/mol. The molecule has 1 unspecified atom stereocenters. The molecule has 0 radical (unpaired) electrons. The van der Waals surface area contributed by atoms with Gasteiger partial charge in [0, 0.05) is 48.4 Å². The van der Waals surface area contributed by atoms with Crippen LogP contribution in [0, 0.1) is 0 Å². The quantitative estimate of drug-likeness (QED) is 0.354. The number of nitrogens with zero attached hydrogens (tertiary/aromatic N) is 6. The molecule has 5 rings (SSSR count). The highest BCUT2D eigenvalue weighted by Crippen LogP contribution is 2.31. The van der Waals surface area contributed by atoms with Crippen LogP contribution in [0.5, 0.6) is 5.75 Å². The molecule has 3 heterocycles. The van der Waals surface area contributed by atoms with Gasteiger partial charge in [0.05, 0.1) is 11.9 Å². The Morgan fingerprint density at radius 3 is 2.43 bits per heavy atom. The molecule has 0 bridgehead atoms. The number of benzene rings is 2. The Hall–Kier alpha value is -3.24. The number of para-hydroxylation sites is 1. The Morgan fingerprint density at radius 1 is 1.05 bits per heavy atom. The van der Waals surface area contributed by atoms with E-state index in [2.05, 4.69) is 71.8 Å². The van der Waals surface area contributed by atoms with Crippen LogP contribution in [0.15, 0.2) is 59.2 Å². The average Bonchev–Trinajstić information content (AvgIpc) is 3.42. The van der Waals surface area contributed by atoms with E-state index >= 15 is 0 Å². The highest BCUT2D eigenvalue weighted by atomic mass is 79.9. The Bertz CT molecular complexity index is 1390. The summed E-state index contributed by atoms with van der Waals surface area (Å²) in [6.45, 7) is 13.3. The fraction of sp³-hybridized carbons (Fsp3) is 0.500. The Kier molecular flexibility index (Phi) is 9.03. The first-order valence-corrected chi connectivity index (χ1v) is 15.5. The summed E-state index contributed by atoms with van der Waals surface area (Å²) in [6.07, 6.45) is 3.55. The lowest BCUT2D eigenvalue weighted by Gasteiger charge is -2.44. The van der Waals surface area contributed by atoms with E-state index in [1.54, 1.807) is 4.68 Å². The first-order chi connectivity index (χ1) is 20.0. The van der Waals surface area contributed by atoms with E-state index in [4.69, 9.17) is 4.74 Å². The van der Waals surface area contributed by atoms with Crippen LogP contribution in [0.25, 0.3) is 0 Å². The molecule has 9 nitrogen and oxygen atoms in total. The summed E-state index contributed by atoms with van der Waals surface area (Å²) in [4.78, 5) is 32.7. The molecule has 2 amide bonds. The Labute approximate surface area is 256 Å². The van der Waals surface area contributed by atoms with E-state index in [0.717, 1.165) is 40.0 Å². The van der Waals surface area contributed by atoms with E-state index in [9.17, 15) is 9.59 Å². The van der Waals surface area contributed by atoms with Crippen LogP contribution >= 0.6 is 15.9 Å². The summed E-state index contributed by atoms with van der Waals surface area (Å²) < 4.78 is 8.73.